The third kappa shape index (κ3) is 2.71. The van der Waals surface area contributed by atoms with E-state index < -0.39 is 10.0 Å². The third-order valence-electron chi connectivity index (χ3n) is 3.04. The lowest BCUT2D eigenvalue weighted by Crippen LogP contribution is -2.48. The molecule has 1 aromatic rings. The normalized spacial score (nSPS) is 18.0. The van der Waals surface area contributed by atoms with Gasteiger partial charge in [0.05, 0.1) is 22.7 Å². The molecule has 100 valence electrons. The molecule has 0 saturated carbocycles. The van der Waals surface area contributed by atoms with E-state index in [0.717, 1.165) is 5.69 Å². The van der Waals surface area contributed by atoms with Crippen molar-refractivity contribution in [3.8, 4) is 0 Å². The summed E-state index contributed by atoms with van der Waals surface area (Å²) in [5, 5.41) is 0.600. The number of benzene rings is 1. The third-order valence-corrected chi connectivity index (χ3v) is 4.65. The molecule has 1 aliphatic heterocycles. The van der Waals surface area contributed by atoms with Gasteiger partial charge in [-0.15, -0.1) is 0 Å². The Morgan fingerprint density at radius 1 is 1.22 bits per heavy atom. The second-order valence-electron chi connectivity index (χ2n) is 4.33. The molecule has 1 fully saturated rings. The zero-order chi connectivity index (χ0) is 13.3. The molecule has 0 aliphatic carbocycles. The summed E-state index contributed by atoms with van der Waals surface area (Å²) in [6.07, 6.45) is 1.23. The Balaban J connectivity index is 2.15. The number of piperazine rings is 1. The van der Waals surface area contributed by atoms with Crippen molar-refractivity contribution >= 4 is 33.0 Å². The summed E-state index contributed by atoms with van der Waals surface area (Å²) in [7, 11) is -3.11. The number of nitrogen functional groups attached to an aromatic ring is 1. The van der Waals surface area contributed by atoms with Gasteiger partial charge in [0.2, 0.25) is 10.0 Å². The molecule has 0 aromatic heterocycles. The van der Waals surface area contributed by atoms with Crippen molar-refractivity contribution in [3.63, 3.8) is 0 Å². The molecule has 0 radical (unpaired) electrons. The van der Waals surface area contributed by atoms with Gasteiger partial charge in [-0.05, 0) is 12.1 Å². The van der Waals surface area contributed by atoms with Gasteiger partial charge < -0.3 is 10.6 Å². The van der Waals surface area contributed by atoms with Crippen molar-refractivity contribution < 1.29 is 8.42 Å². The van der Waals surface area contributed by atoms with E-state index in [1.807, 2.05) is 4.90 Å². The number of nitrogens with two attached hydrogens (primary N) is 1. The first kappa shape index (κ1) is 13.5. The van der Waals surface area contributed by atoms with Crippen LogP contribution in [-0.4, -0.2) is 45.2 Å². The standard InChI is InChI=1S/C11H16ClN3O2S/c1-18(16,17)15-7-5-14(6-8-15)11-9(12)3-2-4-10(11)13/h2-4H,5-8,13H2,1H3. The summed E-state index contributed by atoms with van der Waals surface area (Å²) < 4.78 is 24.3. The number of para-hydroxylation sites is 1. The van der Waals surface area contributed by atoms with Crippen LogP contribution in [0.2, 0.25) is 5.02 Å². The highest BCUT2D eigenvalue weighted by Crippen LogP contribution is 2.32. The van der Waals surface area contributed by atoms with Gasteiger partial charge in [0.1, 0.15) is 0 Å². The molecule has 2 N–H and O–H groups in total. The molecule has 2 rings (SSSR count). The van der Waals surface area contributed by atoms with Crippen LogP contribution in [0.3, 0.4) is 0 Å². The lowest BCUT2D eigenvalue weighted by Gasteiger charge is -2.35. The Morgan fingerprint density at radius 3 is 2.33 bits per heavy atom. The van der Waals surface area contributed by atoms with Crippen LogP contribution in [0.5, 0.6) is 0 Å². The van der Waals surface area contributed by atoms with Crippen molar-refractivity contribution in [2.24, 2.45) is 0 Å². The van der Waals surface area contributed by atoms with Gasteiger partial charge >= 0.3 is 0 Å². The van der Waals surface area contributed by atoms with Crippen LogP contribution < -0.4 is 10.6 Å². The van der Waals surface area contributed by atoms with Gasteiger partial charge in [0.15, 0.2) is 0 Å². The zero-order valence-corrected chi connectivity index (χ0v) is 11.7. The average Bonchev–Trinajstić information content (AvgIpc) is 2.28. The fourth-order valence-electron chi connectivity index (χ4n) is 2.11. The van der Waals surface area contributed by atoms with Crippen molar-refractivity contribution in [2.45, 2.75) is 0 Å². The van der Waals surface area contributed by atoms with Gasteiger partial charge in [0, 0.05) is 26.2 Å². The van der Waals surface area contributed by atoms with Crippen LogP contribution in [0.1, 0.15) is 0 Å². The maximum atomic E-state index is 11.4. The number of halogens is 1. The van der Waals surface area contributed by atoms with E-state index >= 15 is 0 Å². The predicted octanol–water partition coefficient (Wildman–Crippen LogP) is 1.00. The highest BCUT2D eigenvalue weighted by Gasteiger charge is 2.25. The van der Waals surface area contributed by atoms with E-state index in [1.165, 1.54) is 10.6 Å². The molecule has 7 heteroatoms. The molecular formula is C11H16ClN3O2S. The first-order valence-electron chi connectivity index (χ1n) is 5.63. The van der Waals surface area contributed by atoms with E-state index in [9.17, 15) is 8.42 Å². The molecule has 1 aromatic carbocycles. The van der Waals surface area contributed by atoms with Gasteiger partial charge in [-0.1, -0.05) is 17.7 Å². The summed E-state index contributed by atoms with van der Waals surface area (Å²) in [4.78, 5) is 2.03. The molecule has 1 heterocycles. The predicted molar refractivity (Wildman–Crippen MR) is 74.5 cm³/mol. The second kappa shape index (κ2) is 4.95. The summed E-state index contributed by atoms with van der Waals surface area (Å²) in [5.41, 5.74) is 7.33. The molecular weight excluding hydrogens is 274 g/mol. The first-order valence-corrected chi connectivity index (χ1v) is 7.86. The quantitative estimate of drug-likeness (QED) is 0.825. The number of hydrogen-bond acceptors (Lipinski definition) is 4. The molecule has 0 amide bonds. The highest BCUT2D eigenvalue weighted by molar-refractivity contribution is 7.88. The summed E-state index contributed by atoms with van der Waals surface area (Å²) in [6, 6.07) is 5.38. The molecule has 1 saturated heterocycles. The number of sulfonamides is 1. The van der Waals surface area contributed by atoms with E-state index in [4.69, 9.17) is 17.3 Å². The van der Waals surface area contributed by atoms with Gasteiger partial charge in [-0.2, -0.15) is 4.31 Å². The zero-order valence-electron chi connectivity index (χ0n) is 10.1. The van der Waals surface area contributed by atoms with E-state index in [2.05, 4.69) is 0 Å². The SMILES string of the molecule is CS(=O)(=O)N1CCN(c2c(N)cccc2Cl)CC1. The van der Waals surface area contributed by atoms with Gasteiger partial charge in [0.25, 0.3) is 0 Å². The maximum absolute atomic E-state index is 11.4. The topological polar surface area (TPSA) is 66.6 Å². The van der Waals surface area contributed by atoms with Gasteiger partial charge in [-0.25, -0.2) is 8.42 Å². The number of hydrogen-bond donors (Lipinski definition) is 1. The lowest BCUT2D eigenvalue weighted by atomic mass is 10.2. The van der Waals surface area contributed by atoms with Gasteiger partial charge in [-0.3, -0.25) is 0 Å². The smallest absolute Gasteiger partial charge is 0.211 e. The molecule has 1 aliphatic rings. The number of nitrogens with zero attached hydrogens (tertiary/aromatic N) is 2. The van der Waals surface area contributed by atoms with Crippen LogP contribution >= 0.6 is 11.6 Å². The highest BCUT2D eigenvalue weighted by atomic mass is 35.5. The Hall–Kier alpha value is -0.980. The monoisotopic (exact) mass is 289 g/mol. The summed E-state index contributed by atoms with van der Waals surface area (Å²) in [5.74, 6) is 0. The van der Waals surface area contributed by atoms with E-state index in [1.54, 1.807) is 18.2 Å². The molecule has 0 atom stereocenters. The minimum Gasteiger partial charge on any atom is -0.397 e. The minimum atomic E-state index is -3.11. The Labute approximate surface area is 112 Å². The van der Waals surface area contributed by atoms with Crippen LogP contribution in [0.15, 0.2) is 18.2 Å². The van der Waals surface area contributed by atoms with Crippen molar-refractivity contribution in [1.29, 1.82) is 0 Å². The first-order chi connectivity index (χ1) is 8.39. The van der Waals surface area contributed by atoms with Crippen molar-refractivity contribution in [1.82, 2.24) is 4.31 Å². The minimum absolute atomic E-state index is 0.462. The second-order valence-corrected chi connectivity index (χ2v) is 6.72. The molecule has 0 bridgehead atoms. The molecule has 0 spiro atoms. The Morgan fingerprint density at radius 2 is 1.83 bits per heavy atom. The van der Waals surface area contributed by atoms with Crippen LogP contribution in [0.4, 0.5) is 11.4 Å². The summed E-state index contributed by atoms with van der Waals surface area (Å²) >= 11 is 6.14. The average molecular weight is 290 g/mol. The lowest BCUT2D eigenvalue weighted by molar-refractivity contribution is 0.388. The van der Waals surface area contributed by atoms with E-state index in [-0.39, 0.29) is 0 Å². The summed E-state index contributed by atoms with van der Waals surface area (Å²) in [6.45, 7) is 2.12. The largest absolute Gasteiger partial charge is 0.397 e. The fraction of sp³-hybridized carbons (Fsp3) is 0.455. The van der Waals surface area contributed by atoms with Crippen LogP contribution in [0.25, 0.3) is 0 Å². The van der Waals surface area contributed by atoms with Crippen molar-refractivity contribution in [2.75, 3.05) is 43.1 Å². The van der Waals surface area contributed by atoms with Crippen LogP contribution in [0, 0.1) is 0 Å². The number of anilines is 2. The molecule has 18 heavy (non-hydrogen) atoms. The number of rotatable bonds is 2. The molecule has 5 nitrogen and oxygen atoms in total. The molecule has 0 unspecified atom stereocenters. The van der Waals surface area contributed by atoms with E-state index in [0.29, 0.717) is 36.9 Å². The fourth-order valence-corrected chi connectivity index (χ4v) is 3.24. The van der Waals surface area contributed by atoms with Crippen molar-refractivity contribution in [3.05, 3.63) is 23.2 Å². The Kier molecular flexibility index (Phi) is 3.70. The van der Waals surface area contributed by atoms with Crippen LogP contribution in [-0.2, 0) is 10.0 Å². The Bertz CT molecular complexity index is 519. The maximum Gasteiger partial charge on any atom is 0.211 e.